The topological polar surface area (TPSA) is 320 Å². The number of carbonyl (C=O) groups is 9. The maximum atomic E-state index is 14.2. The predicted octanol–water partition coefficient (Wildman–Crippen LogP) is -1.06. The van der Waals surface area contributed by atoms with Crippen molar-refractivity contribution in [1.29, 1.82) is 0 Å². The second kappa shape index (κ2) is 24.5. The third-order valence-corrected chi connectivity index (χ3v) is 10.9. The predicted molar refractivity (Wildman–Crippen MR) is 240 cm³/mol. The van der Waals surface area contributed by atoms with E-state index in [9.17, 15) is 43.2 Å². The van der Waals surface area contributed by atoms with E-state index in [0.29, 0.717) is 29.7 Å². The molecule has 0 saturated carbocycles. The molecule has 2 aromatic heterocycles. The van der Waals surface area contributed by atoms with Gasteiger partial charge >= 0.3 is 0 Å². The number of rotatable bonds is 15. The molecular weight excluding hydrogens is 853 g/mol. The molecule has 9 amide bonds. The number of unbranched alkanes of at least 4 members (excludes halogenated alkanes) is 1. The average molecular weight is 911 g/mol. The maximum Gasteiger partial charge on any atom is 0.243 e. The number of primary amides is 1. The first-order valence-corrected chi connectivity index (χ1v) is 21.9. The average Bonchev–Trinajstić information content (AvgIpc) is 3.97. The number of hydrogen-bond acceptors (Lipinski definition) is 10. The van der Waals surface area contributed by atoms with E-state index in [-0.39, 0.29) is 51.5 Å². The lowest BCUT2D eigenvalue weighted by atomic mass is 10.0. The highest BCUT2D eigenvalue weighted by atomic mass is 16.2. The summed E-state index contributed by atoms with van der Waals surface area (Å²) in [6.45, 7) is 2.35. The lowest BCUT2D eigenvalue weighted by Gasteiger charge is -2.26. The SMILES string of the molecule is CCCC[C@H](NC(C)=O)C(=O)NC1CCC(=O)NCCC(C(=O)N[C@@H](Cc2c[nH]c3ccccc23)C(N)=O)NC(=O)CNC(=O)[C@@H](Cc2ccccc2)NC(=O)[C@H](Cc2cnc[nH]2)NC1=O. The molecule has 352 valence electrons. The smallest absolute Gasteiger partial charge is 0.243 e. The van der Waals surface area contributed by atoms with Crippen molar-refractivity contribution in [1.82, 2.24) is 57.5 Å². The summed E-state index contributed by atoms with van der Waals surface area (Å²) in [7, 11) is 0. The molecule has 1 fully saturated rings. The number of H-pyrrole nitrogens is 2. The van der Waals surface area contributed by atoms with E-state index >= 15 is 0 Å². The molecule has 2 aromatic carbocycles. The second-order valence-electron chi connectivity index (χ2n) is 16.1. The van der Waals surface area contributed by atoms with Crippen LogP contribution >= 0.6 is 0 Å². The fraction of sp³-hybridized carbons (Fsp3) is 0.422. The molecule has 0 aliphatic carbocycles. The number of nitrogens with one attached hydrogen (secondary N) is 10. The molecule has 3 heterocycles. The Morgan fingerprint density at radius 1 is 0.803 bits per heavy atom. The van der Waals surface area contributed by atoms with Gasteiger partial charge in [0.05, 0.1) is 12.9 Å². The van der Waals surface area contributed by atoms with Gasteiger partial charge in [-0.2, -0.15) is 0 Å². The molecule has 66 heavy (non-hydrogen) atoms. The van der Waals surface area contributed by atoms with Crippen molar-refractivity contribution in [3.05, 3.63) is 90.1 Å². The number of hydrogen-bond donors (Lipinski definition) is 11. The fourth-order valence-corrected chi connectivity index (χ4v) is 7.43. The molecule has 0 spiro atoms. The first-order chi connectivity index (χ1) is 31.7. The molecule has 0 bridgehead atoms. The van der Waals surface area contributed by atoms with Gasteiger partial charge in [-0.3, -0.25) is 43.2 Å². The van der Waals surface area contributed by atoms with Crippen LogP contribution in [0.15, 0.2) is 73.3 Å². The Labute approximate surface area is 380 Å². The maximum absolute atomic E-state index is 14.2. The van der Waals surface area contributed by atoms with Gasteiger partial charge < -0.3 is 58.2 Å². The fourth-order valence-electron chi connectivity index (χ4n) is 7.43. The standard InChI is InChI=1S/C45H58N12O9/c1-3-4-13-32(52-26(2)58)42(63)54-33-15-16-38(59)48-18-17-34(44(65)55-35(40(46)61)20-28-22-49-31-14-9-8-12-30(28)31)53-39(60)24-50-41(62)36(19-27-10-6-5-7-11-27)56-45(66)37(57-43(33)64)21-29-23-47-25-51-29/h5-12,14,22-23,25,32-37,49H,3-4,13,15-21,24H2,1-2H3,(H2,46,61)(H,47,51)(H,48,59)(H,50,62)(H,52,58)(H,53,60)(H,54,63)(H,55,65)(H,56,66)(H,57,64)/t32-,33?,34?,35-,36+,37-/m0/s1. The van der Waals surface area contributed by atoms with E-state index in [0.717, 1.165) is 10.9 Å². The van der Waals surface area contributed by atoms with Crippen LogP contribution in [-0.2, 0) is 62.4 Å². The summed E-state index contributed by atoms with van der Waals surface area (Å²) in [4.78, 5) is 131. The summed E-state index contributed by atoms with van der Waals surface area (Å²) in [6.07, 6.45) is 5.15. The van der Waals surface area contributed by atoms with Crippen molar-refractivity contribution >= 4 is 64.1 Å². The van der Waals surface area contributed by atoms with Gasteiger partial charge in [-0.15, -0.1) is 0 Å². The first-order valence-electron chi connectivity index (χ1n) is 21.9. The highest BCUT2D eigenvalue weighted by Gasteiger charge is 2.33. The summed E-state index contributed by atoms with van der Waals surface area (Å²) < 4.78 is 0. The monoisotopic (exact) mass is 910 g/mol. The number of imidazole rings is 1. The van der Waals surface area contributed by atoms with E-state index in [4.69, 9.17) is 5.73 Å². The number of carbonyl (C=O) groups excluding carboxylic acids is 9. The van der Waals surface area contributed by atoms with E-state index in [1.807, 2.05) is 31.2 Å². The number of amides is 9. The Morgan fingerprint density at radius 3 is 2.24 bits per heavy atom. The number of nitrogens with two attached hydrogens (primary N) is 1. The number of benzene rings is 2. The van der Waals surface area contributed by atoms with Crippen LogP contribution in [0.3, 0.4) is 0 Å². The molecule has 21 heteroatoms. The van der Waals surface area contributed by atoms with Crippen molar-refractivity contribution in [3.8, 4) is 0 Å². The van der Waals surface area contributed by atoms with Crippen molar-refractivity contribution < 1.29 is 43.2 Å². The minimum absolute atomic E-state index is 0.0191. The molecule has 2 unspecified atom stereocenters. The van der Waals surface area contributed by atoms with E-state index < -0.39 is 96.0 Å². The van der Waals surface area contributed by atoms with Gasteiger partial charge in [0.25, 0.3) is 0 Å². The van der Waals surface area contributed by atoms with Crippen molar-refractivity contribution in [3.63, 3.8) is 0 Å². The molecule has 6 atom stereocenters. The summed E-state index contributed by atoms with van der Waals surface area (Å²) in [6, 6.07) is 8.51. The molecule has 21 nitrogen and oxygen atoms in total. The first kappa shape index (κ1) is 49.4. The zero-order chi connectivity index (χ0) is 47.6. The Bertz CT molecular complexity index is 2340. The molecule has 1 saturated heterocycles. The highest BCUT2D eigenvalue weighted by molar-refractivity contribution is 5.97. The lowest BCUT2D eigenvalue weighted by molar-refractivity contribution is -0.135. The number of nitrogens with zero attached hydrogens (tertiary/aromatic N) is 1. The van der Waals surface area contributed by atoms with Crippen LogP contribution in [-0.4, -0.2) is 117 Å². The van der Waals surface area contributed by atoms with Crippen LogP contribution in [0.1, 0.15) is 69.2 Å². The van der Waals surface area contributed by atoms with Crippen molar-refractivity contribution in [2.45, 2.75) is 108 Å². The zero-order valence-corrected chi connectivity index (χ0v) is 36.9. The molecule has 1 aliphatic heterocycles. The van der Waals surface area contributed by atoms with Gasteiger partial charge in [0, 0.05) is 68.1 Å². The lowest BCUT2D eigenvalue weighted by Crippen LogP contribution is -2.59. The van der Waals surface area contributed by atoms with Gasteiger partial charge in [0.15, 0.2) is 0 Å². The van der Waals surface area contributed by atoms with Crippen LogP contribution < -0.4 is 48.3 Å². The minimum Gasteiger partial charge on any atom is -0.368 e. The van der Waals surface area contributed by atoms with Gasteiger partial charge in [-0.05, 0) is 36.5 Å². The van der Waals surface area contributed by atoms with E-state index in [1.165, 1.54) is 19.4 Å². The Hall–Kier alpha value is -7.58. The largest absolute Gasteiger partial charge is 0.368 e. The normalized spacial score (nSPS) is 20.1. The Balaban J connectivity index is 1.43. The quantitative estimate of drug-likeness (QED) is 0.0687. The Morgan fingerprint density at radius 2 is 1.53 bits per heavy atom. The minimum atomic E-state index is -1.40. The van der Waals surface area contributed by atoms with Crippen molar-refractivity contribution in [2.24, 2.45) is 5.73 Å². The van der Waals surface area contributed by atoms with Crippen LogP contribution in [0.2, 0.25) is 0 Å². The van der Waals surface area contributed by atoms with E-state index in [2.05, 4.69) is 57.5 Å². The number of para-hydroxylation sites is 1. The molecule has 5 rings (SSSR count). The number of aromatic amines is 2. The summed E-state index contributed by atoms with van der Waals surface area (Å²) in [5.41, 5.74) is 8.34. The molecular formula is C45H58N12O9. The second-order valence-corrected chi connectivity index (χ2v) is 16.1. The number of aromatic nitrogens is 3. The van der Waals surface area contributed by atoms with Crippen LogP contribution in [0.5, 0.6) is 0 Å². The van der Waals surface area contributed by atoms with Gasteiger partial charge in [-0.1, -0.05) is 68.3 Å². The highest BCUT2D eigenvalue weighted by Crippen LogP contribution is 2.19. The Kier molecular flexibility index (Phi) is 18.3. The van der Waals surface area contributed by atoms with Crippen LogP contribution in [0.4, 0.5) is 0 Å². The summed E-state index contributed by atoms with van der Waals surface area (Å²) in [5, 5.41) is 21.8. The van der Waals surface area contributed by atoms with Gasteiger partial charge in [-0.25, -0.2) is 4.98 Å². The van der Waals surface area contributed by atoms with Crippen LogP contribution in [0, 0.1) is 0 Å². The van der Waals surface area contributed by atoms with E-state index in [1.54, 1.807) is 36.5 Å². The van der Waals surface area contributed by atoms with Gasteiger partial charge in [0.1, 0.15) is 36.3 Å². The molecule has 4 aromatic rings. The third kappa shape index (κ3) is 15.0. The molecule has 1 aliphatic rings. The third-order valence-electron chi connectivity index (χ3n) is 10.9. The summed E-state index contributed by atoms with van der Waals surface area (Å²) in [5.74, 6) is -6.59. The summed E-state index contributed by atoms with van der Waals surface area (Å²) >= 11 is 0. The zero-order valence-electron chi connectivity index (χ0n) is 36.9. The number of fused-ring (bicyclic) bond motifs is 1. The van der Waals surface area contributed by atoms with Gasteiger partial charge in [0.2, 0.25) is 53.2 Å². The molecule has 0 radical (unpaired) electrons. The van der Waals surface area contributed by atoms with Crippen molar-refractivity contribution in [2.75, 3.05) is 13.1 Å². The molecule has 12 N–H and O–H groups in total. The van der Waals surface area contributed by atoms with Crippen LogP contribution in [0.25, 0.3) is 10.9 Å².